The van der Waals surface area contributed by atoms with Crippen LogP contribution in [0.3, 0.4) is 0 Å². The van der Waals surface area contributed by atoms with Gasteiger partial charge in [0.25, 0.3) is 0 Å². The molecule has 0 amide bonds. The number of hydrogen-bond acceptors (Lipinski definition) is 6. The fourth-order valence-electron chi connectivity index (χ4n) is 6.75. The van der Waals surface area contributed by atoms with Crippen molar-refractivity contribution in [3.63, 3.8) is 0 Å². The van der Waals surface area contributed by atoms with Gasteiger partial charge in [-0.1, -0.05) is 208 Å². The standard InChI is InChI=1S/C46H88O6/c1-6-7-8-24-31-36-44(47)50-39-43(40-51-45(48)37-32-27-22-19-15-17-21-26-30-35-42(4)5)52-46(49)38-33-28-23-18-14-12-10-9-11-13-16-20-25-29-34-41(2)3/h41-43H,6-40H2,1-5H3/t43-/m0/s1. The third kappa shape index (κ3) is 39.6. The molecular formula is C46H88O6. The molecule has 6 nitrogen and oxygen atoms in total. The molecule has 0 aromatic heterocycles. The first kappa shape index (κ1) is 50.4. The second-order valence-corrected chi connectivity index (χ2v) is 16.6. The maximum absolute atomic E-state index is 12.7. The van der Waals surface area contributed by atoms with Crippen molar-refractivity contribution in [2.24, 2.45) is 11.8 Å². The van der Waals surface area contributed by atoms with Crippen molar-refractivity contribution in [3.05, 3.63) is 0 Å². The molecule has 0 aromatic carbocycles. The Morgan fingerprint density at radius 2 is 0.635 bits per heavy atom. The van der Waals surface area contributed by atoms with E-state index in [-0.39, 0.29) is 31.1 Å². The highest BCUT2D eigenvalue weighted by atomic mass is 16.6. The van der Waals surface area contributed by atoms with Crippen molar-refractivity contribution < 1.29 is 28.6 Å². The van der Waals surface area contributed by atoms with Gasteiger partial charge in [-0.2, -0.15) is 0 Å². The number of unbranched alkanes of at least 4 members (excludes halogenated alkanes) is 25. The molecule has 0 fully saturated rings. The third-order valence-electron chi connectivity index (χ3n) is 10.2. The summed E-state index contributed by atoms with van der Waals surface area (Å²) < 4.78 is 16.6. The lowest BCUT2D eigenvalue weighted by atomic mass is 10.0. The Morgan fingerprint density at radius 1 is 0.365 bits per heavy atom. The summed E-state index contributed by atoms with van der Waals surface area (Å²) in [5.41, 5.74) is 0. The Hall–Kier alpha value is -1.59. The predicted octanol–water partition coefficient (Wildman–Crippen LogP) is 14.2. The van der Waals surface area contributed by atoms with Gasteiger partial charge in [0, 0.05) is 19.3 Å². The summed E-state index contributed by atoms with van der Waals surface area (Å²) in [4.78, 5) is 37.4. The number of carbonyl (C=O) groups is 3. The monoisotopic (exact) mass is 737 g/mol. The van der Waals surface area contributed by atoms with Crippen LogP contribution in [0.4, 0.5) is 0 Å². The minimum absolute atomic E-state index is 0.0660. The van der Waals surface area contributed by atoms with Crippen molar-refractivity contribution in [3.8, 4) is 0 Å². The summed E-state index contributed by atoms with van der Waals surface area (Å²) >= 11 is 0. The molecule has 0 aromatic rings. The van der Waals surface area contributed by atoms with E-state index in [4.69, 9.17) is 14.2 Å². The van der Waals surface area contributed by atoms with Crippen molar-refractivity contribution in [1.82, 2.24) is 0 Å². The van der Waals surface area contributed by atoms with E-state index < -0.39 is 6.10 Å². The zero-order valence-corrected chi connectivity index (χ0v) is 35.4. The number of esters is 3. The summed E-state index contributed by atoms with van der Waals surface area (Å²) in [6.45, 7) is 11.3. The van der Waals surface area contributed by atoms with Crippen LogP contribution in [0.15, 0.2) is 0 Å². The molecule has 0 saturated heterocycles. The van der Waals surface area contributed by atoms with E-state index in [1.165, 1.54) is 128 Å². The number of hydrogen-bond donors (Lipinski definition) is 0. The molecule has 308 valence electrons. The third-order valence-corrected chi connectivity index (χ3v) is 10.2. The van der Waals surface area contributed by atoms with Crippen LogP contribution >= 0.6 is 0 Å². The van der Waals surface area contributed by atoms with Crippen LogP contribution in [-0.2, 0) is 28.6 Å². The van der Waals surface area contributed by atoms with Crippen molar-refractivity contribution in [2.45, 2.75) is 253 Å². The lowest BCUT2D eigenvalue weighted by molar-refractivity contribution is -0.167. The zero-order chi connectivity index (χ0) is 38.3. The molecule has 0 unspecified atom stereocenters. The molecule has 1 atom stereocenters. The van der Waals surface area contributed by atoms with Crippen molar-refractivity contribution in [2.75, 3.05) is 13.2 Å². The Morgan fingerprint density at radius 3 is 0.942 bits per heavy atom. The van der Waals surface area contributed by atoms with Gasteiger partial charge in [-0.05, 0) is 31.1 Å². The average Bonchev–Trinajstić information content (AvgIpc) is 3.11. The largest absolute Gasteiger partial charge is 0.462 e. The topological polar surface area (TPSA) is 78.9 Å². The highest BCUT2D eigenvalue weighted by Gasteiger charge is 2.19. The van der Waals surface area contributed by atoms with Gasteiger partial charge in [0.2, 0.25) is 0 Å². The zero-order valence-electron chi connectivity index (χ0n) is 35.4. The molecule has 0 heterocycles. The molecule has 0 saturated carbocycles. The maximum Gasteiger partial charge on any atom is 0.306 e. The normalized spacial score (nSPS) is 12.1. The molecular weight excluding hydrogens is 649 g/mol. The van der Waals surface area contributed by atoms with Gasteiger partial charge in [-0.3, -0.25) is 14.4 Å². The first-order valence-electron chi connectivity index (χ1n) is 22.7. The molecule has 0 spiro atoms. The van der Waals surface area contributed by atoms with Crippen molar-refractivity contribution in [1.29, 1.82) is 0 Å². The van der Waals surface area contributed by atoms with Gasteiger partial charge in [0.05, 0.1) is 0 Å². The second-order valence-electron chi connectivity index (χ2n) is 16.6. The average molecular weight is 737 g/mol. The van der Waals surface area contributed by atoms with E-state index in [2.05, 4.69) is 34.6 Å². The molecule has 0 aliphatic carbocycles. The summed E-state index contributed by atoms with van der Waals surface area (Å²) in [5, 5.41) is 0. The smallest absolute Gasteiger partial charge is 0.306 e. The lowest BCUT2D eigenvalue weighted by Crippen LogP contribution is -2.30. The van der Waals surface area contributed by atoms with Crippen molar-refractivity contribution >= 4 is 17.9 Å². The Labute approximate surface area is 323 Å². The van der Waals surface area contributed by atoms with Gasteiger partial charge < -0.3 is 14.2 Å². The summed E-state index contributed by atoms with van der Waals surface area (Å²) in [7, 11) is 0. The molecule has 0 aliphatic heterocycles. The highest BCUT2D eigenvalue weighted by Crippen LogP contribution is 2.16. The molecule has 6 heteroatoms. The van der Waals surface area contributed by atoms with Crippen LogP contribution in [0.2, 0.25) is 0 Å². The predicted molar refractivity (Wildman–Crippen MR) is 220 cm³/mol. The number of ether oxygens (including phenoxy) is 3. The summed E-state index contributed by atoms with van der Waals surface area (Å²) in [6.07, 6.45) is 36.9. The van der Waals surface area contributed by atoms with Gasteiger partial charge in [0.15, 0.2) is 6.10 Å². The summed E-state index contributed by atoms with van der Waals surface area (Å²) in [6, 6.07) is 0. The van der Waals surface area contributed by atoms with Gasteiger partial charge in [0.1, 0.15) is 13.2 Å². The minimum Gasteiger partial charge on any atom is -0.462 e. The Kier molecular flexibility index (Phi) is 37.9. The van der Waals surface area contributed by atoms with Crippen LogP contribution < -0.4 is 0 Å². The molecule has 52 heavy (non-hydrogen) atoms. The maximum atomic E-state index is 12.7. The quantitative estimate of drug-likeness (QED) is 0.0354. The Balaban J connectivity index is 4.17. The first-order chi connectivity index (χ1) is 25.2. The van der Waals surface area contributed by atoms with Crippen LogP contribution in [0.25, 0.3) is 0 Å². The van der Waals surface area contributed by atoms with Crippen LogP contribution in [0.5, 0.6) is 0 Å². The number of carbonyl (C=O) groups excluding carboxylic acids is 3. The first-order valence-corrected chi connectivity index (χ1v) is 22.7. The molecule has 0 N–H and O–H groups in total. The molecule has 0 aliphatic rings. The minimum atomic E-state index is -0.758. The van der Waals surface area contributed by atoms with E-state index >= 15 is 0 Å². The van der Waals surface area contributed by atoms with Gasteiger partial charge >= 0.3 is 17.9 Å². The fourth-order valence-corrected chi connectivity index (χ4v) is 6.75. The van der Waals surface area contributed by atoms with E-state index in [0.717, 1.165) is 76.0 Å². The van der Waals surface area contributed by atoms with E-state index in [1.54, 1.807) is 0 Å². The van der Waals surface area contributed by atoms with E-state index in [9.17, 15) is 14.4 Å². The molecule has 0 rings (SSSR count). The SMILES string of the molecule is CCCCCCCC(=O)OC[C@@H](COC(=O)CCCCCCCCCCCC(C)C)OC(=O)CCCCCCCCCCCCCCCCC(C)C. The van der Waals surface area contributed by atoms with Crippen LogP contribution in [0.1, 0.15) is 247 Å². The number of rotatable bonds is 40. The van der Waals surface area contributed by atoms with Gasteiger partial charge in [-0.15, -0.1) is 0 Å². The van der Waals surface area contributed by atoms with E-state index in [0.29, 0.717) is 19.3 Å². The summed E-state index contributed by atoms with van der Waals surface area (Å²) in [5.74, 6) is 0.781. The highest BCUT2D eigenvalue weighted by molar-refractivity contribution is 5.71. The van der Waals surface area contributed by atoms with E-state index in [1.807, 2.05) is 0 Å². The molecule has 0 radical (unpaired) electrons. The Bertz CT molecular complexity index is 794. The lowest BCUT2D eigenvalue weighted by Gasteiger charge is -2.18. The second kappa shape index (κ2) is 39.1. The fraction of sp³-hybridized carbons (Fsp3) is 0.935. The van der Waals surface area contributed by atoms with Gasteiger partial charge in [-0.25, -0.2) is 0 Å². The van der Waals surface area contributed by atoms with Crippen LogP contribution in [-0.4, -0.2) is 37.2 Å². The molecule has 0 bridgehead atoms. The van der Waals surface area contributed by atoms with Crippen LogP contribution in [0, 0.1) is 11.8 Å².